The molecular formula is C7H12N2O3. The summed E-state index contributed by atoms with van der Waals surface area (Å²) < 4.78 is 0. The van der Waals surface area contributed by atoms with Crippen LogP contribution in [-0.2, 0) is 14.4 Å². The van der Waals surface area contributed by atoms with Crippen LogP contribution in [0.4, 0.5) is 0 Å². The average molecular weight is 172 g/mol. The van der Waals surface area contributed by atoms with Crippen molar-refractivity contribution in [1.82, 2.24) is 5.48 Å². The number of carbonyl (C=O) groups is 2. The third kappa shape index (κ3) is 3.92. The van der Waals surface area contributed by atoms with Crippen molar-refractivity contribution in [2.75, 3.05) is 6.61 Å². The fourth-order valence-electron chi connectivity index (χ4n) is 0.814. The van der Waals surface area contributed by atoms with Crippen LogP contribution in [-0.4, -0.2) is 18.4 Å². The maximum atomic E-state index is 10.9. The molecule has 5 nitrogen and oxygen atoms in total. The summed E-state index contributed by atoms with van der Waals surface area (Å²) in [6.07, 6.45) is 2.71. The zero-order valence-electron chi connectivity index (χ0n) is 6.71. The van der Waals surface area contributed by atoms with E-state index < -0.39 is 5.91 Å². The Balaban J connectivity index is 1.97. The van der Waals surface area contributed by atoms with Gasteiger partial charge in [0, 0.05) is 6.42 Å². The summed E-state index contributed by atoms with van der Waals surface area (Å²) >= 11 is 0. The number of primary amides is 1. The van der Waals surface area contributed by atoms with Gasteiger partial charge in [0.2, 0.25) is 11.8 Å². The van der Waals surface area contributed by atoms with Crippen molar-refractivity contribution in [2.45, 2.75) is 19.3 Å². The Labute approximate surface area is 70.2 Å². The molecular weight excluding hydrogens is 160 g/mol. The van der Waals surface area contributed by atoms with Crippen molar-refractivity contribution >= 4 is 11.8 Å². The molecule has 0 aromatic heterocycles. The molecule has 1 saturated carbocycles. The molecule has 1 rings (SSSR count). The topological polar surface area (TPSA) is 81.4 Å². The third-order valence-corrected chi connectivity index (χ3v) is 1.57. The summed E-state index contributed by atoms with van der Waals surface area (Å²) in [5, 5.41) is 0. The first-order valence-electron chi connectivity index (χ1n) is 3.87. The Morgan fingerprint density at radius 2 is 2.17 bits per heavy atom. The Hall–Kier alpha value is -1.10. The minimum atomic E-state index is -0.596. The Bertz CT molecular complexity index is 189. The molecule has 0 aromatic rings. The molecule has 0 aromatic carbocycles. The van der Waals surface area contributed by atoms with E-state index in [9.17, 15) is 9.59 Å². The highest BCUT2D eigenvalue weighted by atomic mass is 16.7. The van der Waals surface area contributed by atoms with Gasteiger partial charge in [0.05, 0.1) is 0 Å². The Morgan fingerprint density at radius 3 is 2.67 bits per heavy atom. The number of nitrogens with two attached hydrogens (primary N) is 1. The molecule has 0 bridgehead atoms. The monoisotopic (exact) mass is 172 g/mol. The summed E-state index contributed by atoms with van der Waals surface area (Å²) in [4.78, 5) is 25.6. The van der Waals surface area contributed by atoms with Gasteiger partial charge in [-0.15, -0.1) is 0 Å². The standard InChI is InChI=1S/C7H12N2O3/c8-6(10)4-12-9-7(11)3-5-1-2-5/h5H,1-4H2,(H2,8,10)(H,9,11). The first-order chi connectivity index (χ1) is 5.68. The molecule has 0 atom stereocenters. The normalized spacial score (nSPS) is 15.7. The van der Waals surface area contributed by atoms with Crippen molar-refractivity contribution < 1.29 is 14.4 Å². The molecule has 5 heteroatoms. The van der Waals surface area contributed by atoms with Gasteiger partial charge in [-0.1, -0.05) is 0 Å². The minimum absolute atomic E-state index is 0.182. The lowest BCUT2D eigenvalue weighted by Gasteiger charge is -2.02. The fourth-order valence-corrected chi connectivity index (χ4v) is 0.814. The van der Waals surface area contributed by atoms with Crippen LogP contribution >= 0.6 is 0 Å². The van der Waals surface area contributed by atoms with Gasteiger partial charge in [-0.3, -0.25) is 14.4 Å². The Kier molecular flexibility index (Phi) is 3.04. The van der Waals surface area contributed by atoms with E-state index in [1.807, 2.05) is 0 Å². The van der Waals surface area contributed by atoms with Crippen molar-refractivity contribution in [2.24, 2.45) is 11.7 Å². The second kappa shape index (κ2) is 4.06. The van der Waals surface area contributed by atoms with Crippen molar-refractivity contribution in [3.63, 3.8) is 0 Å². The van der Waals surface area contributed by atoms with Crippen LogP contribution in [0.1, 0.15) is 19.3 Å². The zero-order valence-corrected chi connectivity index (χ0v) is 6.71. The second-order valence-electron chi connectivity index (χ2n) is 2.93. The van der Waals surface area contributed by atoms with Gasteiger partial charge in [0.1, 0.15) is 0 Å². The summed E-state index contributed by atoms with van der Waals surface area (Å²) in [5.41, 5.74) is 6.92. The van der Waals surface area contributed by atoms with Gasteiger partial charge in [0.15, 0.2) is 6.61 Å². The fraction of sp³-hybridized carbons (Fsp3) is 0.714. The first kappa shape index (κ1) is 8.99. The number of carbonyl (C=O) groups excluding carboxylic acids is 2. The van der Waals surface area contributed by atoms with Gasteiger partial charge in [0.25, 0.3) is 0 Å². The number of hydroxylamine groups is 1. The molecule has 1 aliphatic carbocycles. The average Bonchev–Trinajstić information content (AvgIpc) is 2.70. The predicted molar refractivity (Wildman–Crippen MR) is 40.6 cm³/mol. The lowest BCUT2D eigenvalue weighted by atomic mass is 10.3. The van der Waals surface area contributed by atoms with E-state index in [-0.39, 0.29) is 12.5 Å². The molecule has 0 unspecified atom stereocenters. The molecule has 0 heterocycles. The van der Waals surface area contributed by atoms with Crippen LogP contribution in [0, 0.1) is 5.92 Å². The van der Waals surface area contributed by atoms with Crippen molar-refractivity contribution in [1.29, 1.82) is 0 Å². The molecule has 0 aliphatic heterocycles. The van der Waals surface area contributed by atoms with Gasteiger partial charge < -0.3 is 5.73 Å². The van der Waals surface area contributed by atoms with Crippen molar-refractivity contribution in [3.05, 3.63) is 0 Å². The van der Waals surface area contributed by atoms with Crippen LogP contribution < -0.4 is 11.2 Å². The van der Waals surface area contributed by atoms with E-state index in [1.165, 1.54) is 0 Å². The summed E-state index contributed by atoms with van der Waals surface area (Å²) in [6.45, 7) is -0.267. The quantitative estimate of drug-likeness (QED) is 0.539. The van der Waals surface area contributed by atoms with Gasteiger partial charge >= 0.3 is 0 Å². The second-order valence-corrected chi connectivity index (χ2v) is 2.93. The minimum Gasteiger partial charge on any atom is -0.368 e. The van der Waals surface area contributed by atoms with Gasteiger partial charge in [-0.05, 0) is 18.8 Å². The maximum absolute atomic E-state index is 10.9. The van der Waals surface area contributed by atoms with Crippen LogP contribution in [0.5, 0.6) is 0 Å². The summed E-state index contributed by atoms with van der Waals surface area (Å²) in [7, 11) is 0. The molecule has 2 amide bonds. The third-order valence-electron chi connectivity index (χ3n) is 1.57. The molecule has 1 fully saturated rings. The highest BCUT2D eigenvalue weighted by molar-refractivity contribution is 5.77. The van der Waals surface area contributed by atoms with E-state index in [1.54, 1.807) is 0 Å². The number of hydrogen-bond donors (Lipinski definition) is 2. The van der Waals surface area contributed by atoms with Crippen LogP contribution in [0.15, 0.2) is 0 Å². The zero-order chi connectivity index (χ0) is 8.97. The lowest BCUT2D eigenvalue weighted by molar-refractivity contribution is -0.138. The van der Waals surface area contributed by atoms with Crippen LogP contribution in [0.25, 0.3) is 0 Å². The molecule has 12 heavy (non-hydrogen) atoms. The number of nitrogens with one attached hydrogen (secondary N) is 1. The Morgan fingerprint density at radius 1 is 1.50 bits per heavy atom. The molecule has 0 saturated heterocycles. The maximum Gasteiger partial charge on any atom is 0.246 e. The van der Waals surface area contributed by atoms with E-state index in [2.05, 4.69) is 10.3 Å². The first-order valence-corrected chi connectivity index (χ1v) is 3.87. The van der Waals surface area contributed by atoms with E-state index in [0.717, 1.165) is 12.8 Å². The van der Waals surface area contributed by atoms with Crippen LogP contribution in [0.2, 0.25) is 0 Å². The number of rotatable bonds is 5. The SMILES string of the molecule is NC(=O)CONC(=O)CC1CC1. The molecule has 3 N–H and O–H groups in total. The summed E-state index contributed by atoms with van der Waals surface area (Å²) in [5.74, 6) is -0.261. The highest BCUT2D eigenvalue weighted by Gasteiger charge is 2.24. The molecule has 0 spiro atoms. The van der Waals surface area contributed by atoms with E-state index in [0.29, 0.717) is 12.3 Å². The number of amides is 2. The van der Waals surface area contributed by atoms with E-state index in [4.69, 9.17) is 5.73 Å². The highest BCUT2D eigenvalue weighted by Crippen LogP contribution is 2.31. The molecule has 0 radical (unpaired) electrons. The van der Waals surface area contributed by atoms with Crippen molar-refractivity contribution in [3.8, 4) is 0 Å². The summed E-state index contributed by atoms with van der Waals surface area (Å²) in [6, 6.07) is 0. The lowest BCUT2D eigenvalue weighted by Crippen LogP contribution is -2.29. The van der Waals surface area contributed by atoms with E-state index >= 15 is 0 Å². The molecule has 1 aliphatic rings. The smallest absolute Gasteiger partial charge is 0.246 e. The number of hydrogen-bond acceptors (Lipinski definition) is 3. The predicted octanol–water partition coefficient (Wildman–Crippen LogP) is -0.680. The van der Waals surface area contributed by atoms with Gasteiger partial charge in [-0.2, -0.15) is 0 Å². The van der Waals surface area contributed by atoms with Gasteiger partial charge in [-0.25, -0.2) is 5.48 Å². The molecule has 68 valence electrons. The van der Waals surface area contributed by atoms with Crippen LogP contribution in [0.3, 0.4) is 0 Å². The largest absolute Gasteiger partial charge is 0.368 e.